The van der Waals surface area contributed by atoms with E-state index in [4.69, 9.17) is 22.1 Å². The molecule has 1 fully saturated rings. The number of nitrogens with zero attached hydrogens (tertiary/aromatic N) is 2. The molecule has 0 aromatic carbocycles. The molecule has 0 radical (unpaired) electrons. The van der Waals surface area contributed by atoms with Crippen molar-refractivity contribution in [3.8, 4) is 0 Å². The Labute approximate surface area is 97.6 Å². The number of hydrogen-bond acceptors (Lipinski definition) is 5. The van der Waals surface area contributed by atoms with Gasteiger partial charge in [-0.25, -0.2) is 9.97 Å². The first-order valence-electron chi connectivity index (χ1n) is 4.73. The van der Waals surface area contributed by atoms with E-state index in [1.165, 1.54) is 6.20 Å². The number of halogens is 1. The van der Waals surface area contributed by atoms with Crippen LogP contribution in [0, 0.1) is 0 Å². The molecule has 1 saturated heterocycles. The second-order valence-electron chi connectivity index (χ2n) is 3.42. The fraction of sp³-hybridized carbons (Fsp3) is 0.556. The summed E-state index contributed by atoms with van der Waals surface area (Å²) < 4.78 is 5.47. The standard InChI is InChI=1S/C9H12ClN3OS/c1-5-7(2-3-14-5)15-8-6(11)4-12-9(10)13-8/h4-5,7H,2-3,11H2,1H3. The molecule has 0 spiro atoms. The number of anilines is 1. The van der Waals surface area contributed by atoms with E-state index in [1.807, 2.05) is 0 Å². The number of rotatable bonds is 2. The van der Waals surface area contributed by atoms with Crippen molar-refractivity contribution in [2.75, 3.05) is 12.3 Å². The summed E-state index contributed by atoms with van der Waals surface area (Å²) >= 11 is 7.33. The highest BCUT2D eigenvalue weighted by Crippen LogP contribution is 2.34. The molecule has 0 bridgehead atoms. The molecule has 2 N–H and O–H groups in total. The topological polar surface area (TPSA) is 61.0 Å². The fourth-order valence-corrected chi connectivity index (χ4v) is 2.74. The SMILES string of the molecule is CC1OCCC1Sc1nc(Cl)ncc1N. The lowest BCUT2D eigenvalue weighted by atomic mass is 10.3. The van der Waals surface area contributed by atoms with Gasteiger partial charge in [0.15, 0.2) is 0 Å². The lowest BCUT2D eigenvalue weighted by molar-refractivity contribution is 0.127. The van der Waals surface area contributed by atoms with Gasteiger partial charge < -0.3 is 10.5 Å². The molecule has 1 aromatic rings. The summed E-state index contributed by atoms with van der Waals surface area (Å²) in [6, 6.07) is 0. The van der Waals surface area contributed by atoms with Gasteiger partial charge in [-0.05, 0) is 24.9 Å². The maximum absolute atomic E-state index is 5.77. The molecule has 0 amide bonds. The van der Waals surface area contributed by atoms with Crippen molar-refractivity contribution in [2.45, 2.75) is 29.7 Å². The largest absolute Gasteiger partial charge is 0.395 e. The first-order chi connectivity index (χ1) is 7.16. The number of aromatic nitrogens is 2. The molecule has 0 aliphatic carbocycles. The quantitative estimate of drug-likeness (QED) is 0.638. The van der Waals surface area contributed by atoms with Crippen molar-refractivity contribution >= 4 is 29.1 Å². The van der Waals surface area contributed by atoms with Gasteiger partial charge in [-0.2, -0.15) is 0 Å². The van der Waals surface area contributed by atoms with Crippen molar-refractivity contribution in [2.24, 2.45) is 0 Å². The highest BCUT2D eigenvalue weighted by molar-refractivity contribution is 8.00. The molecule has 0 saturated carbocycles. The van der Waals surface area contributed by atoms with Crippen molar-refractivity contribution in [1.82, 2.24) is 9.97 Å². The summed E-state index contributed by atoms with van der Waals surface area (Å²) in [5.41, 5.74) is 6.34. The number of hydrogen-bond donors (Lipinski definition) is 1. The van der Waals surface area contributed by atoms with Crippen LogP contribution >= 0.6 is 23.4 Å². The molecule has 1 aliphatic rings. The van der Waals surface area contributed by atoms with E-state index >= 15 is 0 Å². The van der Waals surface area contributed by atoms with E-state index in [-0.39, 0.29) is 11.4 Å². The van der Waals surface area contributed by atoms with Crippen LogP contribution in [-0.2, 0) is 4.74 Å². The average Bonchev–Trinajstić information content (AvgIpc) is 2.58. The third kappa shape index (κ3) is 2.53. The molecule has 82 valence electrons. The van der Waals surface area contributed by atoms with Crippen molar-refractivity contribution in [1.29, 1.82) is 0 Å². The van der Waals surface area contributed by atoms with Gasteiger partial charge in [-0.1, -0.05) is 11.8 Å². The Morgan fingerprint density at radius 3 is 3.13 bits per heavy atom. The monoisotopic (exact) mass is 245 g/mol. The van der Waals surface area contributed by atoms with Crippen LogP contribution < -0.4 is 5.73 Å². The highest BCUT2D eigenvalue weighted by atomic mass is 35.5. The zero-order valence-electron chi connectivity index (χ0n) is 8.31. The number of thioether (sulfide) groups is 1. The molecular formula is C9H12ClN3OS. The lowest BCUT2D eigenvalue weighted by Gasteiger charge is -2.13. The van der Waals surface area contributed by atoms with Gasteiger partial charge in [0, 0.05) is 11.9 Å². The molecule has 1 aliphatic heterocycles. The fourth-order valence-electron chi connectivity index (χ4n) is 1.46. The Morgan fingerprint density at radius 1 is 1.67 bits per heavy atom. The Balaban J connectivity index is 2.12. The van der Waals surface area contributed by atoms with Crippen molar-refractivity contribution < 1.29 is 4.74 Å². The Morgan fingerprint density at radius 2 is 2.47 bits per heavy atom. The number of nitrogen functional groups attached to an aromatic ring is 1. The second kappa shape index (κ2) is 4.55. The summed E-state index contributed by atoms with van der Waals surface area (Å²) in [5.74, 6) is 0. The van der Waals surface area contributed by atoms with Crippen LogP contribution in [-0.4, -0.2) is 27.9 Å². The van der Waals surface area contributed by atoms with Crippen molar-refractivity contribution in [3.05, 3.63) is 11.5 Å². The molecule has 4 nitrogen and oxygen atoms in total. The minimum atomic E-state index is 0.235. The van der Waals surface area contributed by atoms with Gasteiger partial charge in [0.2, 0.25) is 5.28 Å². The van der Waals surface area contributed by atoms with Crippen LogP contribution in [0.15, 0.2) is 11.2 Å². The Bertz CT molecular complexity index is 363. The predicted molar refractivity (Wildman–Crippen MR) is 61.1 cm³/mol. The Kier molecular flexibility index (Phi) is 3.33. The third-order valence-corrected chi connectivity index (χ3v) is 3.97. The van der Waals surface area contributed by atoms with Crippen LogP contribution in [0.25, 0.3) is 0 Å². The van der Waals surface area contributed by atoms with Gasteiger partial charge in [0.25, 0.3) is 0 Å². The van der Waals surface area contributed by atoms with Crippen LogP contribution in [0.3, 0.4) is 0 Å². The normalized spacial score (nSPS) is 25.7. The van der Waals surface area contributed by atoms with E-state index in [2.05, 4.69) is 16.9 Å². The smallest absolute Gasteiger partial charge is 0.223 e. The van der Waals surface area contributed by atoms with Gasteiger partial charge >= 0.3 is 0 Å². The minimum absolute atomic E-state index is 0.235. The molecule has 1 aromatic heterocycles. The first kappa shape index (κ1) is 11.0. The number of nitrogens with two attached hydrogens (primary N) is 1. The second-order valence-corrected chi connectivity index (χ2v) is 4.99. The highest BCUT2D eigenvalue weighted by Gasteiger charge is 2.26. The van der Waals surface area contributed by atoms with E-state index in [9.17, 15) is 0 Å². The molecule has 2 unspecified atom stereocenters. The molecular weight excluding hydrogens is 234 g/mol. The van der Waals surface area contributed by atoms with Crippen LogP contribution in [0.1, 0.15) is 13.3 Å². The summed E-state index contributed by atoms with van der Waals surface area (Å²) in [7, 11) is 0. The van der Waals surface area contributed by atoms with Gasteiger partial charge in [0.1, 0.15) is 5.03 Å². The first-order valence-corrected chi connectivity index (χ1v) is 5.99. The maximum atomic E-state index is 5.77. The lowest BCUT2D eigenvalue weighted by Crippen LogP contribution is -2.13. The van der Waals surface area contributed by atoms with Gasteiger partial charge in [-0.15, -0.1) is 0 Å². The summed E-state index contributed by atoms with van der Waals surface area (Å²) in [4.78, 5) is 7.93. The van der Waals surface area contributed by atoms with Crippen LogP contribution in [0.5, 0.6) is 0 Å². The molecule has 2 rings (SSSR count). The predicted octanol–water partition coefficient (Wildman–Crippen LogP) is 1.98. The average molecular weight is 246 g/mol. The number of ether oxygens (including phenoxy) is 1. The van der Waals surface area contributed by atoms with Crippen LogP contribution in [0.4, 0.5) is 5.69 Å². The summed E-state index contributed by atoms with van der Waals surface area (Å²) in [6.07, 6.45) is 2.80. The third-order valence-electron chi connectivity index (χ3n) is 2.32. The maximum Gasteiger partial charge on any atom is 0.223 e. The zero-order valence-corrected chi connectivity index (χ0v) is 9.88. The van der Waals surface area contributed by atoms with E-state index in [1.54, 1.807) is 11.8 Å². The Hall–Kier alpha value is -0.520. The van der Waals surface area contributed by atoms with Gasteiger partial charge in [0.05, 0.1) is 18.0 Å². The van der Waals surface area contributed by atoms with E-state index in [0.717, 1.165) is 18.1 Å². The molecule has 2 heterocycles. The van der Waals surface area contributed by atoms with Crippen LogP contribution in [0.2, 0.25) is 5.28 Å². The zero-order chi connectivity index (χ0) is 10.8. The van der Waals surface area contributed by atoms with E-state index in [0.29, 0.717) is 10.9 Å². The molecule has 6 heteroatoms. The molecule has 15 heavy (non-hydrogen) atoms. The molecule has 2 atom stereocenters. The minimum Gasteiger partial charge on any atom is -0.395 e. The van der Waals surface area contributed by atoms with Crippen molar-refractivity contribution in [3.63, 3.8) is 0 Å². The van der Waals surface area contributed by atoms with E-state index < -0.39 is 0 Å². The summed E-state index contributed by atoms with van der Waals surface area (Å²) in [6.45, 7) is 2.86. The van der Waals surface area contributed by atoms with Gasteiger partial charge in [-0.3, -0.25) is 0 Å². The summed E-state index contributed by atoms with van der Waals surface area (Å²) in [5, 5.41) is 1.38.